The second-order valence-electron chi connectivity index (χ2n) is 3.35. The van der Waals surface area contributed by atoms with Crippen LogP contribution < -0.4 is 0 Å². The van der Waals surface area contributed by atoms with Gasteiger partial charge in [0.15, 0.2) is 11.9 Å². The van der Waals surface area contributed by atoms with Crippen molar-refractivity contribution in [2.75, 3.05) is 0 Å². The molecule has 0 unspecified atom stereocenters. The molecule has 1 fully saturated rings. The van der Waals surface area contributed by atoms with Crippen molar-refractivity contribution in [1.82, 2.24) is 0 Å². The monoisotopic (exact) mass is 208 g/mol. The quantitative estimate of drug-likeness (QED) is 0.316. The van der Waals surface area contributed by atoms with E-state index in [2.05, 4.69) is 4.74 Å². The molecule has 1 heterocycles. The average Bonchev–Trinajstić information content (AvgIpc) is 2.11. The number of ether oxygens (including phenoxy) is 1. The second-order valence-corrected chi connectivity index (χ2v) is 3.35. The summed E-state index contributed by atoms with van der Waals surface area (Å²) in [6.45, 7) is 0.998. The molecule has 0 spiro atoms. The van der Waals surface area contributed by atoms with Crippen LogP contribution in [0, 0.1) is 0 Å². The molecule has 5 atom stereocenters. The normalized spacial score (nSPS) is 48.9. The van der Waals surface area contributed by atoms with Gasteiger partial charge in [0.05, 0.1) is 0 Å². The number of aliphatic hydroxyl groups excluding tert-OH is 4. The molecule has 0 radical (unpaired) electrons. The lowest BCUT2D eigenvalue weighted by Crippen LogP contribution is -2.66. The Balaban J connectivity index is 2.96. The summed E-state index contributed by atoms with van der Waals surface area (Å²) in [4.78, 5) is 10.7. The lowest BCUT2D eigenvalue weighted by atomic mass is 9.88. The Hall–Kier alpha value is -0.730. The summed E-state index contributed by atoms with van der Waals surface area (Å²) in [6.07, 6.45) is -7.13. The molecular formula is C7H12O7. The number of carboxylic acids is 1. The highest BCUT2D eigenvalue weighted by Crippen LogP contribution is 2.28. The number of rotatable bonds is 1. The number of carboxylic acid groups (broad SMARTS) is 1. The third kappa shape index (κ3) is 1.49. The molecule has 0 saturated carbocycles. The van der Waals surface area contributed by atoms with Gasteiger partial charge in [-0.3, -0.25) is 0 Å². The maximum Gasteiger partial charge on any atom is 0.338 e. The first-order valence-corrected chi connectivity index (χ1v) is 3.94. The number of carbonyl (C=O) groups is 1. The van der Waals surface area contributed by atoms with E-state index in [1.807, 2.05) is 0 Å². The van der Waals surface area contributed by atoms with Crippen molar-refractivity contribution in [2.45, 2.75) is 37.1 Å². The van der Waals surface area contributed by atoms with E-state index in [4.69, 9.17) is 15.3 Å². The summed E-state index contributed by atoms with van der Waals surface area (Å²) in [5, 5.41) is 45.3. The van der Waals surface area contributed by atoms with Gasteiger partial charge in [-0.05, 0) is 6.92 Å². The molecule has 1 aliphatic heterocycles. The van der Waals surface area contributed by atoms with E-state index in [9.17, 15) is 15.0 Å². The molecule has 0 amide bonds. The molecular weight excluding hydrogens is 196 g/mol. The SMILES string of the molecule is C[C@]1(C(=O)O)O[C@@H](O)[C@H](O)[C@@H](O)[C@@H]1O. The predicted octanol–water partition coefficient (Wildman–Crippen LogP) is -2.74. The molecule has 0 aromatic heterocycles. The minimum Gasteiger partial charge on any atom is -0.479 e. The second kappa shape index (κ2) is 3.44. The van der Waals surface area contributed by atoms with Gasteiger partial charge in [0.25, 0.3) is 0 Å². The van der Waals surface area contributed by atoms with Crippen LogP contribution in [0.25, 0.3) is 0 Å². The van der Waals surface area contributed by atoms with Gasteiger partial charge in [-0.15, -0.1) is 0 Å². The number of aliphatic hydroxyl groups is 4. The van der Waals surface area contributed by atoms with Gasteiger partial charge in [-0.2, -0.15) is 0 Å². The van der Waals surface area contributed by atoms with Crippen LogP contribution in [-0.4, -0.2) is 61.7 Å². The van der Waals surface area contributed by atoms with Crippen LogP contribution in [0.5, 0.6) is 0 Å². The van der Waals surface area contributed by atoms with Crippen LogP contribution in [-0.2, 0) is 9.53 Å². The fourth-order valence-electron chi connectivity index (χ4n) is 1.25. The highest BCUT2D eigenvalue weighted by Gasteiger charge is 2.55. The van der Waals surface area contributed by atoms with Crippen molar-refractivity contribution in [3.63, 3.8) is 0 Å². The van der Waals surface area contributed by atoms with Crippen LogP contribution in [0.1, 0.15) is 6.92 Å². The molecule has 1 rings (SSSR count). The molecule has 14 heavy (non-hydrogen) atoms. The summed E-state index contributed by atoms with van der Waals surface area (Å²) in [5.74, 6) is -1.53. The van der Waals surface area contributed by atoms with Gasteiger partial charge in [0.2, 0.25) is 0 Å². The van der Waals surface area contributed by atoms with Crippen molar-refractivity contribution in [3.05, 3.63) is 0 Å². The van der Waals surface area contributed by atoms with Crippen molar-refractivity contribution in [3.8, 4) is 0 Å². The molecule has 1 aliphatic rings. The largest absolute Gasteiger partial charge is 0.479 e. The van der Waals surface area contributed by atoms with Crippen LogP contribution in [0.2, 0.25) is 0 Å². The lowest BCUT2D eigenvalue weighted by molar-refractivity contribution is -0.310. The van der Waals surface area contributed by atoms with E-state index in [0.717, 1.165) is 6.92 Å². The fraction of sp³-hybridized carbons (Fsp3) is 0.857. The van der Waals surface area contributed by atoms with Gasteiger partial charge < -0.3 is 30.3 Å². The topological polar surface area (TPSA) is 127 Å². The first-order chi connectivity index (χ1) is 6.30. The smallest absolute Gasteiger partial charge is 0.338 e. The minimum absolute atomic E-state index is 0.998. The molecule has 1 saturated heterocycles. The summed E-state index contributed by atoms with van der Waals surface area (Å²) in [6, 6.07) is 0. The highest BCUT2D eigenvalue weighted by molar-refractivity contribution is 5.78. The number of hydrogen-bond donors (Lipinski definition) is 5. The molecule has 0 aromatic carbocycles. The zero-order valence-electron chi connectivity index (χ0n) is 7.36. The number of aliphatic carboxylic acids is 1. The summed E-state index contributed by atoms with van der Waals surface area (Å²) < 4.78 is 4.53. The van der Waals surface area contributed by atoms with Crippen LogP contribution >= 0.6 is 0 Å². The third-order valence-corrected chi connectivity index (χ3v) is 2.32. The minimum atomic E-state index is -2.13. The Morgan fingerprint density at radius 1 is 1.21 bits per heavy atom. The zero-order chi connectivity index (χ0) is 11.1. The van der Waals surface area contributed by atoms with Crippen LogP contribution in [0.4, 0.5) is 0 Å². The van der Waals surface area contributed by atoms with Crippen LogP contribution in [0.15, 0.2) is 0 Å². The standard InChI is InChI=1S/C7H12O7/c1-7(6(12)13)4(10)2(8)3(9)5(11)14-7/h2-5,8-11H,1H3,(H,12,13)/t2-,3-,4+,5-,7+/m1/s1. The fourth-order valence-corrected chi connectivity index (χ4v) is 1.25. The molecule has 0 bridgehead atoms. The van der Waals surface area contributed by atoms with E-state index < -0.39 is 36.2 Å². The van der Waals surface area contributed by atoms with Gasteiger partial charge in [0.1, 0.15) is 18.3 Å². The summed E-state index contributed by atoms with van der Waals surface area (Å²) in [5.41, 5.74) is -2.13. The molecule has 7 nitrogen and oxygen atoms in total. The highest BCUT2D eigenvalue weighted by atomic mass is 16.7. The Kier molecular flexibility index (Phi) is 2.79. The van der Waals surface area contributed by atoms with E-state index >= 15 is 0 Å². The molecule has 0 aliphatic carbocycles. The average molecular weight is 208 g/mol. The zero-order valence-corrected chi connectivity index (χ0v) is 7.36. The molecule has 82 valence electrons. The maximum absolute atomic E-state index is 10.7. The van der Waals surface area contributed by atoms with E-state index in [0.29, 0.717) is 0 Å². The Morgan fingerprint density at radius 3 is 2.14 bits per heavy atom. The van der Waals surface area contributed by atoms with Gasteiger partial charge >= 0.3 is 5.97 Å². The molecule has 7 heteroatoms. The van der Waals surface area contributed by atoms with Crippen molar-refractivity contribution < 1.29 is 35.1 Å². The number of hydrogen-bond acceptors (Lipinski definition) is 6. The van der Waals surface area contributed by atoms with Gasteiger partial charge in [-0.1, -0.05) is 0 Å². The van der Waals surface area contributed by atoms with Crippen molar-refractivity contribution in [1.29, 1.82) is 0 Å². The van der Waals surface area contributed by atoms with E-state index in [-0.39, 0.29) is 0 Å². The Morgan fingerprint density at radius 2 is 1.71 bits per heavy atom. The predicted molar refractivity (Wildman–Crippen MR) is 41.2 cm³/mol. The maximum atomic E-state index is 10.7. The molecule has 0 aromatic rings. The van der Waals surface area contributed by atoms with Crippen molar-refractivity contribution >= 4 is 5.97 Å². The Bertz CT molecular complexity index is 242. The van der Waals surface area contributed by atoms with E-state index in [1.54, 1.807) is 0 Å². The summed E-state index contributed by atoms with van der Waals surface area (Å²) in [7, 11) is 0. The third-order valence-electron chi connectivity index (χ3n) is 2.32. The Labute approximate surface area is 79.2 Å². The molecule has 5 N–H and O–H groups in total. The first kappa shape index (κ1) is 11.3. The van der Waals surface area contributed by atoms with Gasteiger partial charge in [0, 0.05) is 0 Å². The first-order valence-electron chi connectivity index (χ1n) is 3.94. The summed E-state index contributed by atoms with van der Waals surface area (Å²) >= 11 is 0. The van der Waals surface area contributed by atoms with E-state index in [1.165, 1.54) is 0 Å². The van der Waals surface area contributed by atoms with Crippen molar-refractivity contribution in [2.24, 2.45) is 0 Å². The van der Waals surface area contributed by atoms with Gasteiger partial charge in [-0.25, -0.2) is 4.79 Å². The van der Waals surface area contributed by atoms with Crippen LogP contribution in [0.3, 0.4) is 0 Å². The lowest BCUT2D eigenvalue weighted by Gasteiger charge is -2.42.